The van der Waals surface area contributed by atoms with Gasteiger partial charge in [-0.2, -0.15) is 0 Å². The lowest BCUT2D eigenvalue weighted by Gasteiger charge is -2.18. The zero-order valence-corrected chi connectivity index (χ0v) is 8.07. The summed E-state index contributed by atoms with van der Waals surface area (Å²) in [7, 11) is 1.56. The van der Waals surface area contributed by atoms with Crippen molar-refractivity contribution in [2.75, 3.05) is 20.3 Å². The molecule has 4 heteroatoms. The highest BCUT2D eigenvalue weighted by Crippen LogP contribution is 2.18. The molecule has 1 saturated carbocycles. The lowest BCUT2D eigenvalue weighted by atomic mass is 10.2. The van der Waals surface area contributed by atoms with Crippen LogP contribution in [0, 0.1) is 0 Å². The van der Waals surface area contributed by atoms with Gasteiger partial charge in [-0.25, -0.2) is 0 Å². The number of nitrogens with one attached hydrogen (secondary N) is 1. The summed E-state index contributed by atoms with van der Waals surface area (Å²) in [5, 5.41) is 21.9. The lowest BCUT2D eigenvalue weighted by molar-refractivity contribution is 0.0576. The first kappa shape index (κ1) is 10.9. The van der Waals surface area contributed by atoms with Crippen LogP contribution in [0.2, 0.25) is 0 Å². The fourth-order valence-electron chi connectivity index (χ4n) is 1.72. The summed E-state index contributed by atoms with van der Waals surface area (Å²) in [5.74, 6) is 0. The molecule has 3 N–H and O–H groups in total. The van der Waals surface area contributed by atoms with Gasteiger partial charge in [0.25, 0.3) is 0 Å². The molecule has 0 spiro atoms. The van der Waals surface area contributed by atoms with Crippen LogP contribution in [0.1, 0.15) is 19.3 Å². The lowest BCUT2D eigenvalue weighted by Crippen LogP contribution is -2.41. The normalized spacial score (nSPS) is 30.7. The zero-order valence-electron chi connectivity index (χ0n) is 8.07. The monoisotopic (exact) mass is 189 g/mol. The Morgan fingerprint density at radius 1 is 1.54 bits per heavy atom. The Labute approximate surface area is 78.9 Å². The molecule has 0 aromatic heterocycles. The maximum Gasteiger partial charge on any atom is 0.0897 e. The van der Waals surface area contributed by atoms with Crippen LogP contribution in [0.25, 0.3) is 0 Å². The van der Waals surface area contributed by atoms with E-state index in [0.29, 0.717) is 13.2 Å². The van der Waals surface area contributed by atoms with Crippen molar-refractivity contribution in [1.82, 2.24) is 5.32 Å². The van der Waals surface area contributed by atoms with E-state index in [-0.39, 0.29) is 12.1 Å². The maximum absolute atomic E-state index is 9.46. The Morgan fingerprint density at radius 3 is 2.85 bits per heavy atom. The quantitative estimate of drug-likeness (QED) is 0.545. The van der Waals surface area contributed by atoms with Gasteiger partial charge in [0, 0.05) is 19.7 Å². The van der Waals surface area contributed by atoms with Crippen LogP contribution in [0.4, 0.5) is 0 Å². The van der Waals surface area contributed by atoms with Gasteiger partial charge >= 0.3 is 0 Å². The predicted molar refractivity (Wildman–Crippen MR) is 49.5 cm³/mol. The third kappa shape index (κ3) is 3.60. The molecule has 0 amide bonds. The van der Waals surface area contributed by atoms with Crippen molar-refractivity contribution in [3.63, 3.8) is 0 Å². The summed E-state index contributed by atoms with van der Waals surface area (Å²) in [6.45, 7) is 0.839. The van der Waals surface area contributed by atoms with E-state index < -0.39 is 6.10 Å². The van der Waals surface area contributed by atoms with Crippen molar-refractivity contribution in [2.45, 2.75) is 37.5 Å². The summed E-state index contributed by atoms with van der Waals surface area (Å²) in [6.07, 6.45) is 2.23. The molecule has 0 bridgehead atoms. The highest BCUT2D eigenvalue weighted by molar-refractivity contribution is 4.83. The van der Waals surface area contributed by atoms with Gasteiger partial charge in [-0.15, -0.1) is 0 Å². The molecule has 0 saturated heterocycles. The number of aliphatic hydroxyl groups is 2. The second-order valence-electron chi connectivity index (χ2n) is 3.62. The van der Waals surface area contributed by atoms with Gasteiger partial charge < -0.3 is 20.3 Å². The van der Waals surface area contributed by atoms with Gasteiger partial charge in [0.05, 0.1) is 18.8 Å². The number of methoxy groups -OCH3 is 1. The molecular formula is C9H19NO3. The molecule has 0 aromatic rings. The van der Waals surface area contributed by atoms with Crippen LogP contribution in [0.15, 0.2) is 0 Å². The van der Waals surface area contributed by atoms with E-state index in [1.807, 2.05) is 0 Å². The van der Waals surface area contributed by atoms with Gasteiger partial charge in [-0.05, 0) is 19.3 Å². The van der Waals surface area contributed by atoms with E-state index in [0.717, 1.165) is 19.3 Å². The van der Waals surface area contributed by atoms with Crippen LogP contribution in [0.3, 0.4) is 0 Å². The van der Waals surface area contributed by atoms with Crippen molar-refractivity contribution < 1.29 is 14.9 Å². The third-order valence-corrected chi connectivity index (χ3v) is 2.45. The Hall–Kier alpha value is -0.160. The minimum atomic E-state index is -0.474. The predicted octanol–water partition coefficient (Wildman–Crippen LogP) is -0.503. The Morgan fingerprint density at radius 2 is 2.31 bits per heavy atom. The smallest absolute Gasteiger partial charge is 0.0897 e. The molecular weight excluding hydrogens is 170 g/mol. The number of rotatable bonds is 5. The maximum atomic E-state index is 9.46. The molecule has 3 atom stereocenters. The van der Waals surface area contributed by atoms with Gasteiger partial charge in [-0.3, -0.25) is 0 Å². The first-order valence-corrected chi connectivity index (χ1v) is 4.82. The molecule has 1 aliphatic rings. The Balaban J connectivity index is 2.10. The van der Waals surface area contributed by atoms with Crippen LogP contribution in [-0.4, -0.2) is 48.7 Å². The minimum Gasteiger partial charge on any atom is -0.392 e. The first-order valence-electron chi connectivity index (χ1n) is 4.82. The SMILES string of the molecule is COCC(O)CNC1CCCC1O. The molecule has 78 valence electrons. The standard InChI is InChI=1S/C9H19NO3/c1-13-6-7(11)5-10-8-3-2-4-9(8)12/h7-12H,2-6H2,1H3. The summed E-state index contributed by atoms with van der Waals surface area (Å²) in [6, 6.07) is 0.159. The number of ether oxygens (including phenoxy) is 1. The largest absolute Gasteiger partial charge is 0.392 e. The van der Waals surface area contributed by atoms with Crippen molar-refractivity contribution in [3.05, 3.63) is 0 Å². The minimum absolute atomic E-state index is 0.159. The van der Waals surface area contributed by atoms with Crippen LogP contribution in [-0.2, 0) is 4.74 Å². The molecule has 0 aromatic carbocycles. The highest BCUT2D eigenvalue weighted by atomic mass is 16.5. The molecule has 0 heterocycles. The van der Waals surface area contributed by atoms with Crippen LogP contribution < -0.4 is 5.32 Å². The molecule has 13 heavy (non-hydrogen) atoms. The molecule has 1 fully saturated rings. The first-order chi connectivity index (χ1) is 6.24. The van der Waals surface area contributed by atoms with Gasteiger partial charge in [0.2, 0.25) is 0 Å². The van der Waals surface area contributed by atoms with Crippen LogP contribution in [0.5, 0.6) is 0 Å². The van der Waals surface area contributed by atoms with Crippen molar-refractivity contribution in [2.24, 2.45) is 0 Å². The van der Waals surface area contributed by atoms with Crippen molar-refractivity contribution in [3.8, 4) is 0 Å². The van der Waals surface area contributed by atoms with Gasteiger partial charge in [-0.1, -0.05) is 0 Å². The average molecular weight is 189 g/mol. The second-order valence-corrected chi connectivity index (χ2v) is 3.62. The van der Waals surface area contributed by atoms with E-state index in [2.05, 4.69) is 5.32 Å². The van der Waals surface area contributed by atoms with Gasteiger partial charge in [0.1, 0.15) is 0 Å². The van der Waals surface area contributed by atoms with E-state index in [9.17, 15) is 10.2 Å². The highest BCUT2D eigenvalue weighted by Gasteiger charge is 2.24. The Kier molecular flexibility index (Phi) is 4.66. The third-order valence-electron chi connectivity index (χ3n) is 2.45. The summed E-state index contributed by atoms with van der Waals surface area (Å²) in [5.41, 5.74) is 0. The van der Waals surface area contributed by atoms with E-state index in [1.54, 1.807) is 7.11 Å². The topological polar surface area (TPSA) is 61.7 Å². The average Bonchev–Trinajstić information content (AvgIpc) is 2.48. The number of aliphatic hydroxyl groups excluding tert-OH is 2. The molecule has 3 unspecified atom stereocenters. The fourth-order valence-corrected chi connectivity index (χ4v) is 1.72. The summed E-state index contributed by atoms with van der Waals surface area (Å²) in [4.78, 5) is 0. The number of hydrogen-bond donors (Lipinski definition) is 3. The van der Waals surface area contributed by atoms with Crippen LogP contribution >= 0.6 is 0 Å². The van der Waals surface area contributed by atoms with E-state index in [1.165, 1.54) is 0 Å². The second kappa shape index (κ2) is 5.54. The van der Waals surface area contributed by atoms with E-state index >= 15 is 0 Å². The van der Waals surface area contributed by atoms with Crippen molar-refractivity contribution >= 4 is 0 Å². The fraction of sp³-hybridized carbons (Fsp3) is 1.00. The molecule has 4 nitrogen and oxygen atoms in total. The summed E-state index contributed by atoms with van der Waals surface area (Å²) >= 11 is 0. The molecule has 1 rings (SSSR count). The van der Waals surface area contributed by atoms with E-state index in [4.69, 9.17) is 4.74 Å². The number of hydrogen-bond acceptors (Lipinski definition) is 4. The molecule has 0 aliphatic heterocycles. The molecule has 1 aliphatic carbocycles. The molecule has 0 radical (unpaired) electrons. The summed E-state index contributed by atoms with van der Waals surface area (Å²) < 4.78 is 4.79. The Bertz CT molecular complexity index is 143. The zero-order chi connectivity index (χ0) is 9.68. The van der Waals surface area contributed by atoms with Crippen molar-refractivity contribution in [1.29, 1.82) is 0 Å². The van der Waals surface area contributed by atoms with Gasteiger partial charge in [0.15, 0.2) is 0 Å².